The van der Waals surface area contributed by atoms with E-state index in [4.69, 9.17) is 0 Å². The van der Waals surface area contributed by atoms with Crippen LogP contribution in [0.4, 0.5) is 0 Å². The molecule has 0 spiro atoms. The molecular weight excluding hydrogens is 224 g/mol. The van der Waals surface area contributed by atoms with Gasteiger partial charge in [0.1, 0.15) is 0 Å². The summed E-state index contributed by atoms with van der Waals surface area (Å²) in [6.07, 6.45) is 3.28. The van der Waals surface area contributed by atoms with E-state index in [1.807, 2.05) is 6.92 Å². The number of hydrogen-bond acceptors (Lipinski definition) is 0. The Bertz CT molecular complexity index is 11.9. The van der Waals surface area contributed by atoms with Gasteiger partial charge in [0, 0.05) is 41.7 Å². The van der Waals surface area contributed by atoms with Crippen molar-refractivity contribution >= 4 is 0 Å². The molecule has 0 radical (unpaired) electrons. The van der Waals surface area contributed by atoms with E-state index in [-0.39, 0.29) is 41.7 Å². The fourth-order valence-corrected chi connectivity index (χ4v) is 0. The Morgan fingerprint density at radius 1 is 1.12 bits per heavy atom. The molecule has 0 heterocycles. The van der Waals surface area contributed by atoms with E-state index in [1.165, 1.54) is 6.42 Å². The van der Waals surface area contributed by atoms with Crippen molar-refractivity contribution in [3.8, 4) is 0 Å². The second-order valence-corrected chi connectivity index (χ2v) is 1.35. The van der Waals surface area contributed by atoms with Gasteiger partial charge in [-0.2, -0.15) is 12.8 Å². The van der Waals surface area contributed by atoms with Crippen LogP contribution in [-0.2, 0) is 0 Å². The molecule has 0 saturated heterocycles. The Labute approximate surface area is 87.8 Å². The standard InChI is InChI=1S/C4H9.C3H7.Ce/c1-3-4-2;1-3-2;/h1,3-4H2,2H3;1,3H2,2H3;/q2*-1;. The van der Waals surface area contributed by atoms with Crippen LogP contribution in [0, 0.1) is 55.6 Å². The molecule has 1 heteroatoms. The molecule has 0 nitrogen and oxygen atoms in total. The van der Waals surface area contributed by atoms with Crippen molar-refractivity contribution in [1.82, 2.24) is 0 Å². The van der Waals surface area contributed by atoms with Gasteiger partial charge in [-0.15, -0.1) is 0 Å². The van der Waals surface area contributed by atoms with Crippen LogP contribution < -0.4 is 0 Å². The third kappa shape index (κ3) is 53.1. The smallest absolute Gasteiger partial charge is 0 e. The maximum atomic E-state index is 3.60. The average Bonchev–Trinajstić information content (AvgIpc) is 1.69. The van der Waals surface area contributed by atoms with Crippen molar-refractivity contribution in [3.63, 3.8) is 0 Å². The molecule has 0 aliphatic rings. The van der Waals surface area contributed by atoms with Gasteiger partial charge < -0.3 is 13.8 Å². The molecule has 0 atom stereocenters. The first-order chi connectivity index (χ1) is 3.33. The topological polar surface area (TPSA) is 0 Å². The van der Waals surface area contributed by atoms with Crippen molar-refractivity contribution in [1.29, 1.82) is 0 Å². The second-order valence-electron chi connectivity index (χ2n) is 1.35. The van der Waals surface area contributed by atoms with Gasteiger partial charge in [-0.05, 0) is 0 Å². The zero-order valence-electron chi connectivity index (χ0n) is 6.04. The van der Waals surface area contributed by atoms with Crippen LogP contribution in [0.5, 0.6) is 0 Å². The maximum Gasteiger partial charge on any atom is 0 e. The molecule has 0 saturated carbocycles. The van der Waals surface area contributed by atoms with Crippen molar-refractivity contribution in [3.05, 3.63) is 13.8 Å². The largest absolute Gasteiger partial charge is 0.344 e. The monoisotopic (exact) mass is 240 g/mol. The maximum absolute atomic E-state index is 3.60. The van der Waals surface area contributed by atoms with Crippen LogP contribution in [0.15, 0.2) is 0 Å². The van der Waals surface area contributed by atoms with Crippen LogP contribution in [0.3, 0.4) is 0 Å². The van der Waals surface area contributed by atoms with Crippen LogP contribution in [0.1, 0.15) is 33.1 Å². The fraction of sp³-hybridized carbons (Fsp3) is 0.714. The van der Waals surface area contributed by atoms with Crippen LogP contribution in [0.2, 0.25) is 0 Å². The molecule has 0 aliphatic carbocycles. The average molecular weight is 240 g/mol. The summed E-state index contributed by atoms with van der Waals surface area (Å²) in [6.45, 7) is 11.2. The van der Waals surface area contributed by atoms with E-state index in [2.05, 4.69) is 20.8 Å². The van der Waals surface area contributed by atoms with Crippen LogP contribution in [-0.4, -0.2) is 0 Å². The van der Waals surface area contributed by atoms with E-state index in [1.54, 1.807) is 0 Å². The summed E-state index contributed by atoms with van der Waals surface area (Å²) in [5, 5.41) is 0. The molecule has 8 heavy (non-hydrogen) atoms. The molecule has 0 rings (SSSR count). The molecule has 0 N–H and O–H groups in total. The SMILES string of the molecule is [CH2-]CC.[CH2-]CCC.[Ce]. The molecule has 0 aromatic rings. The van der Waals surface area contributed by atoms with Crippen LogP contribution in [0.25, 0.3) is 0 Å². The molecule has 0 aromatic carbocycles. The predicted octanol–water partition coefficient (Wildman–Crippen LogP) is 2.85. The Kier molecular flexibility index (Phi) is 48.1. The van der Waals surface area contributed by atoms with E-state index in [9.17, 15) is 0 Å². The van der Waals surface area contributed by atoms with Gasteiger partial charge in [0.2, 0.25) is 0 Å². The first-order valence-electron chi connectivity index (χ1n) is 2.91. The van der Waals surface area contributed by atoms with Gasteiger partial charge in [-0.1, -0.05) is 20.3 Å². The summed E-state index contributed by atoms with van der Waals surface area (Å²) >= 11 is 0. The molecular formula is C7H16Ce-2. The van der Waals surface area contributed by atoms with Crippen molar-refractivity contribution in [2.75, 3.05) is 0 Å². The second kappa shape index (κ2) is 23.8. The van der Waals surface area contributed by atoms with Crippen molar-refractivity contribution in [2.24, 2.45) is 0 Å². The third-order valence-electron chi connectivity index (χ3n) is 0.354. The number of unbranched alkanes of at least 4 members (excludes halogenated alkanes) is 1. The fourth-order valence-electron chi connectivity index (χ4n) is 0. The minimum atomic E-state index is 0. The molecule has 0 bridgehead atoms. The minimum absolute atomic E-state index is 0. The van der Waals surface area contributed by atoms with Gasteiger partial charge in [-0.3, -0.25) is 0 Å². The van der Waals surface area contributed by atoms with Crippen LogP contribution >= 0.6 is 0 Å². The van der Waals surface area contributed by atoms with E-state index >= 15 is 0 Å². The quantitative estimate of drug-likeness (QED) is 0.618. The summed E-state index contributed by atoms with van der Waals surface area (Å²) in [5.41, 5.74) is 0. The molecule has 0 fully saturated rings. The molecule has 0 amide bonds. The molecule has 0 unspecified atom stereocenters. The van der Waals surface area contributed by atoms with E-state index in [0.29, 0.717) is 0 Å². The Morgan fingerprint density at radius 2 is 1.25 bits per heavy atom. The Hall–Kier alpha value is 1.38. The normalized spacial score (nSPS) is 6.00. The van der Waals surface area contributed by atoms with E-state index in [0.717, 1.165) is 12.8 Å². The third-order valence-corrected chi connectivity index (χ3v) is 0.354. The number of rotatable bonds is 1. The predicted molar refractivity (Wildman–Crippen MR) is 35.9 cm³/mol. The summed E-state index contributed by atoms with van der Waals surface area (Å²) in [6, 6.07) is 0. The van der Waals surface area contributed by atoms with Gasteiger partial charge in [0.25, 0.3) is 0 Å². The summed E-state index contributed by atoms with van der Waals surface area (Å²) in [7, 11) is 0. The summed E-state index contributed by atoms with van der Waals surface area (Å²) in [4.78, 5) is 0. The summed E-state index contributed by atoms with van der Waals surface area (Å²) < 4.78 is 0. The van der Waals surface area contributed by atoms with Crippen molar-refractivity contribution < 1.29 is 41.7 Å². The van der Waals surface area contributed by atoms with Gasteiger partial charge >= 0.3 is 0 Å². The van der Waals surface area contributed by atoms with Gasteiger partial charge in [0.15, 0.2) is 0 Å². The van der Waals surface area contributed by atoms with Gasteiger partial charge in [0.05, 0.1) is 0 Å². The number of hydrogen-bond donors (Lipinski definition) is 0. The minimum Gasteiger partial charge on any atom is -0.344 e. The molecule has 0 aliphatic heterocycles. The Balaban J connectivity index is -0.0000000575. The van der Waals surface area contributed by atoms with Crippen molar-refractivity contribution in [2.45, 2.75) is 33.1 Å². The zero-order chi connectivity index (χ0) is 6.12. The first kappa shape index (κ1) is 16.2. The summed E-state index contributed by atoms with van der Waals surface area (Å²) in [5.74, 6) is 0. The molecule has 50 valence electrons. The molecule has 0 aromatic heterocycles. The van der Waals surface area contributed by atoms with Gasteiger partial charge in [-0.25, -0.2) is 0 Å². The first-order valence-corrected chi connectivity index (χ1v) is 2.91. The zero-order valence-corrected chi connectivity index (χ0v) is 9.18. The Morgan fingerprint density at radius 3 is 1.25 bits per heavy atom. The van der Waals surface area contributed by atoms with E-state index < -0.39 is 0 Å².